The van der Waals surface area contributed by atoms with Gasteiger partial charge >= 0.3 is 0 Å². The lowest BCUT2D eigenvalue weighted by molar-refractivity contribution is -0.129. The molecule has 0 aliphatic heterocycles. The molecular formula is C16H20ClN3O3. The predicted octanol–water partition coefficient (Wildman–Crippen LogP) is 1.55. The third-order valence-electron chi connectivity index (χ3n) is 3.21. The van der Waals surface area contributed by atoms with Crippen LogP contribution < -0.4 is 11.1 Å². The van der Waals surface area contributed by atoms with Gasteiger partial charge in [0.05, 0.1) is 18.7 Å². The molecule has 0 aliphatic rings. The van der Waals surface area contributed by atoms with Crippen molar-refractivity contribution in [2.75, 3.05) is 13.6 Å². The van der Waals surface area contributed by atoms with Crippen molar-refractivity contribution in [1.29, 1.82) is 0 Å². The van der Waals surface area contributed by atoms with Crippen LogP contribution >= 0.6 is 12.4 Å². The first kappa shape index (κ1) is 18.7. The molecule has 0 saturated heterocycles. The monoisotopic (exact) mass is 337 g/mol. The normalized spacial score (nSPS) is 9.83. The number of amides is 2. The van der Waals surface area contributed by atoms with Crippen LogP contribution in [0.1, 0.15) is 21.7 Å². The first-order valence-electron chi connectivity index (χ1n) is 6.93. The Morgan fingerprint density at radius 3 is 2.57 bits per heavy atom. The van der Waals surface area contributed by atoms with Crippen molar-refractivity contribution in [3.63, 3.8) is 0 Å². The molecule has 0 spiro atoms. The first-order chi connectivity index (χ1) is 10.6. The van der Waals surface area contributed by atoms with Gasteiger partial charge in [0.15, 0.2) is 0 Å². The van der Waals surface area contributed by atoms with Crippen LogP contribution in [-0.2, 0) is 17.9 Å². The van der Waals surface area contributed by atoms with Crippen LogP contribution in [0.15, 0.2) is 47.1 Å². The number of carbonyl (C=O) groups excluding carboxylic acids is 2. The minimum atomic E-state index is -0.357. The summed E-state index contributed by atoms with van der Waals surface area (Å²) in [4.78, 5) is 25.5. The van der Waals surface area contributed by atoms with Gasteiger partial charge in [-0.1, -0.05) is 30.3 Å². The second-order valence-electron chi connectivity index (χ2n) is 4.92. The van der Waals surface area contributed by atoms with E-state index in [0.29, 0.717) is 17.9 Å². The van der Waals surface area contributed by atoms with Crippen molar-refractivity contribution in [3.05, 3.63) is 59.5 Å². The molecule has 2 rings (SSSR count). The number of rotatable bonds is 6. The number of hydrogen-bond donors (Lipinski definition) is 2. The fraction of sp³-hybridized carbons (Fsp3) is 0.250. The number of hydrogen-bond acceptors (Lipinski definition) is 4. The first-order valence-corrected chi connectivity index (χ1v) is 6.93. The van der Waals surface area contributed by atoms with Gasteiger partial charge in [-0.3, -0.25) is 9.59 Å². The third kappa shape index (κ3) is 5.43. The highest BCUT2D eigenvalue weighted by Gasteiger charge is 2.13. The largest absolute Gasteiger partial charge is 0.467 e. The maximum Gasteiger partial charge on any atom is 0.254 e. The molecule has 1 aromatic heterocycles. The molecule has 23 heavy (non-hydrogen) atoms. The Morgan fingerprint density at radius 1 is 1.26 bits per heavy atom. The molecule has 2 amide bonds. The van der Waals surface area contributed by atoms with E-state index in [-0.39, 0.29) is 37.3 Å². The van der Waals surface area contributed by atoms with Crippen LogP contribution in [-0.4, -0.2) is 30.3 Å². The van der Waals surface area contributed by atoms with Crippen molar-refractivity contribution in [3.8, 4) is 0 Å². The Morgan fingerprint density at radius 2 is 1.96 bits per heavy atom. The second kappa shape index (κ2) is 8.97. The summed E-state index contributed by atoms with van der Waals surface area (Å²) in [6.07, 6.45) is 1.33. The van der Waals surface area contributed by atoms with Crippen LogP contribution in [0.5, 0.6) is 0 Å². The summed E-state index contributed by atoms with van der Waals surface area (Å²) in [5, 5.41) is 2.57. The fourth-order valence-corrected chi connectivity index (χ4v) is 1.95. The Balaban J connectivity index is 0.00000264. The highest BCUT2D eigenvalue weighted by atomic mass is 35.5. The molecule has 1 aromatic carbocycles. The van der Waals surface area contributed by atoms with Gasteiger partial charge in [0.2, 0.25) is 5.91 Å². The minimum Gasteiger partial charge on any atom is -0.467 e. The van der Waals surface area contributed by atoms with E-state index in [4.69, 9.17) is 10.2 Å². The van der Waals surface area contributed by atoms with Gasteiger partial charge < -0.3 is 20.4 Å². The average molecular weight is 338 g/mol. The minimum absolute atomic E-state index is 0. The molecule has 0 bridgehead atoms. The summed E-state index contributed by atoms with van der Waals surface area (Å²) in [7, 11) is 1.70. The summed E-state index contributed by atoms with van der Waals surface area (Å²) < 4.78 is 5.09. The summed E-state index contributed by atoms with van der Waals surface area (Å²) in [6, 6.07) is 11.2. The smallest absolute Gasteiger partial charge is 0.254 e. The zero-order valence-electron chi connectivity index (χ0n) is 12.8. The average Bonchev–Trinajstić information content (AvgIpc) is 3.02. The van der Waals surface area contributed by atoms with Crippen LogP contribution in [0.3, 0.4) is 0 Å². The Labute approximate surface area is 141 Å². The zero-order chi connectivity index (χ0) is 15.9. The molecule has 0 atom stereocenters. The number of nitrogens with one attached hydrogen (secondary N) is 1. The second-order valence-corrected chi connectivity index (χ2v) is 4.92. The molecule has 0 saturated carbocycles. The van der Waals surface area contributed by atoms with E-state index in [1.54, 1.807) is 18.0 Å². The fourth-order valence-electron chi connectivity index (χ4n) is 1.95. The molecule has 0 aliphatic carbocycles. The van der Waals surface area contributed by atoms with E-state index in [2.05, 4.69) is 5.32 Å². The van der Waals surface area contributed by atoms with E-state index in [9.17, 15) is 9.59 Å². The number of nitrogens with zero attached hydrogens (tertiary/aromatic N) is 1. The number of furan rings is 1. The Kier molecular flexibility index (Phi) is 7.31. The molecule has 124 valence electrons. The maximum absolute atomic E-state index is 12.0. The molecule has 6 nitrogen and oxygen atoms in total. The zero-order valence-corrected chi connectivity index (χ0v) is 13.6. The van der Waals surface area contributed by atoms with Crippen molar-refractivity contribution in [1.82, 2.24) is 10.2 Å². The number of likely N-dealkylation sites (N-methyl/N-ethyl adjacent to an activating group) is 1. The van der Waals surface area contributed by atoms with Crippen molar-refractivity contribution < 1.29 is 14.0 Å². The molecule has 1 heterocycles. The van der Waals surface area contributed by atoms with E-state index >= 15 is 0 Å². The molecule has 7 heteroatoms. The summed E-state index contributed by atoms with van der Waals surface area (Å²) in [5.74, 6) is 0.00216. The lowest BCUT2D eigenvalue weighted by Crippen LogP contribution is -2.37. The molecular weight excluding hydrogens is 318 g/mol. The predicted molar refractivity (Wildman–Crippen MR) is 89.1 cm³/mol. The molecule has 0 radical (unpaired) electrons. The lowest BCUT2D eigenvalue weighted by Gasteiger charge is -2.17. The van der Waals surface area contributed by atoms with E-state index in [1.165, 1.54) is 6.26 Å². The SMILES string of the molecule is CN(Cc1ccccc1)C(=O)CNC(=O)c1coc(CN)c1.Cl. The topological polar surface area (TPSA) is 88.6 Å². The quantitative estimate of drug-likeness (QED) is 0.837. The van der Waals surface area contributed by atoms with Crippen molar-refractivity contribution in [2.24, 2.45) is 5.73 Å². The van der Waals surface area contributed by atoms with Crippen LogP contribution in [0, 0.1) is 0 Å². The van der Waals surface area contributed by atoms with Gasteiger partial charge in [0.1, 0.15) is 12.0 Å². The Bertz CT molecular complexity index is 643. The number of benzene rings is 1. The van der Waals surface area contributed by atoms with Gasteiger partial charge in [0, 0.05) is 13.6 Å². The van der Waals surface area contributed by atoms with Gasteiger partial charge in [0.25, 0.3) is 5.91 Å². The van der Waals surface area contributed by atoms with Crippen LogP contribution in [0.4, 0.5) is 0 Å². The summed E-state index contributed by atoms with van der Waals surface area (Å²) >= 11 is 0. The van der Waals surface area contributed by atoms with Crippen LogP contribution in [0.2, 0.25) is 0 Å². The maximum atomic E-state index is 12.0. The van der Waals surface area contributed by atoms with Crippen LogP contribution in [0.25, 0.3) is 0 Å². The van der Waals surface area contributed by atoms with Gasteiger partial charge in [-0.05, 0) is 11.6 Å². The van der Waals surface area contributed by atoms with Gasteiger partial charge in [-0.2, -0.15) is 0 Å². The highest BCUT2D eigenvalue weighted by Crippen LogP contribution is 2.07. The number of carbonyl (C=O) groups is 2. The van der Waals surface area contributed by atoms with Crippen molar-refractivity contribution >= 4 is 24.2 Å². The summed E-state index contributed by atoms with van der Waals surface area (Å²) in [6.45, 7) is 0.663. The summed E-state index contributed by atoms with van der Waals surface area (Å²) in [5.41, 5.74) is 6.81. The standard InChI is InChI=1S/C16H19N3O3.ClH/c1-19(10-12-5-3-2-4-6-12)15(20)9-18-16(21)13-7-14(8-17)22-11-13;/h2-7,11H,8-10,17H2,1H3,(H,18,21);1H. The van der Waals surface area contributed by atoms with Gasteiger partial charge in [-0.25, -0.2) is 0 Å². The van der Waals surface area contributed by atoms with Gasteiger partial charge in [-0.15, -0.1) is 12.4 Å². The van der Waals surface area contributed by atoms with Crippen molar-refractivity contribution in [2.45, 2.75) is 13.1 Å². The lowest BCUT2D eigenvalue weighted by atomic mass is 10.2. The highest BCUT2D eigenvalue weighted by molar-refractivity contribution is 5.96. The molecule has 0 unspecified atom stereocenters. The molecule has 2 aromatic rings. The third-order valence-corrected chi connectivity index (χ3v) is 3.21. The Hall–Kier alpha value is -2.31. The van der Waals surface area contributed by atoms with E-state index in [1.807, 2.05) is 30.3 Å². The van der Waals surface area contributed by atoms with E-state index < -0.39 is 0 Å². The molecule has 3 N–H and O–H groups in total. The molecule has 0 fully saturated rings. The number of nitrogens with two attached hydrogens (primary N) is 1. The van der Waals surface area contributed by atoms with E-state index in [0.717, 1.165) is 5.56 Å². The number of halogens is 1.